The van der Waals surface area contributed by atoms with Crippen LogP contribution in [0.15, 0.2) is 36.4 Å². The maximum Gasteiger partial charge on any atom is 0.165 e. The summed E-state index contributed by atoms with van der Waals surface area (Å²) in [5.74, 6) is 1.31. The molecule has 0 aromatic heterocycles. The van der Waals surface area contributed by atoms with E-state index in [0.29, 0.717) is 36.4 Å². The maximum absolute atomic E-state index is 14.5. The van der Waals surface area contributed by atoms with Gasteiger partial charge in [-0.3, -0.25) is 0 Å². The molecule has 6 heteroatoms. The van der Waals surface area contributed by atoms with Gasteiger partial charge in [-0.2, -0.15) is 0 Å². The normalized spacial score (nSPS) is 11.1. The van der Waals surface area contributed by atoms with Crippen LogP contribution < -0.4 is 19.1 Å². The van der Waals surface area contributed by atoms with Gasteiger partial charge in [-0.1, -0.05) is 6.07 Å². The van der Waals surface area contributed by atoms with Crippen molar-refractivity contribution in [3.05, 3.63) is 47.8 Å². The standard InChI is InChI=1S/C23H33FN2O3/c1-7-26(19-9-11-22(27-5)23(15-19)28-6)16-18-8-10-21(20(24)14-18)29-13-12-25(4)17(2)3/h8-11,14-15,17H,7,12-13,16H2,1-6H3. The van der Waals surface area contributed by atoms with E-state index in [1.807, 2.05) is 31.3 Å². The van der Waals surface area contributed by atoms with Gasteiger partial charge >= 0.3 is 0 Å². The Bertz CT molecular complexity index is 783. The summed E-state index contributed by atoms with van der Waals surface area (Å²) in [4.78, 5) is 4.31. The fourth-order valence-electron chi connectivity index (χ4n) is 2.95. The molecule has 29 heavy (non-hydrogen) atoms. The number of hydrogen-bond acceptors (Lipinski definition) is 5. The van der Waals surface area contributed by atoms with E-state index in [2.05, 4.69) is 30.6 Å². The Kier molecular flexibility index (Phi) is 8.58. The average molecular weight is 405 g/mol. The van der Waals surface area contributed by atoms with Crippen molar-refractivity contribution in [1.82, 2.24) is 4.90 Å². The number of benzene rings is 2. The monoisotopic (exact) mass is 404 g/mol. The van der Waals surface area contributed by atoms with E-state index in [1.165, 1.54) is 0 Å². The molecule has 0 fully saturated rings. The van der Waals surface area contributed by atoms with E-state index in [4.69, 9.17) is 14.2 Å². The molecular formula is C23H33FN2O3. The summed E-state index contributed by atoms with van der Waals surface area (Å²) in [5, 5.41) is 0. The largest absolute Gasteiger partial charge is 0.493 e. The van der Waals surface area contributed by atoms with Gasteiger partial charge in [0.05, 0.1) is 14.2 Å². The number of anilines is 1. The van der Waals surface area contributed by atoms with Crippen LogP contribution in [-0.2, 0) is 6.54 Å². The van der Waals surface area contributed by atoms with Crippen LogP contribution in [0.1, 0.15) is 26.3 Å². The lowest BCUT2D eigenvalue weighted by Crippen LogP contribution is -2.30. The maximum atomic E-state index is 14.5. The number of hydrogen-bond donors (Lipinski definition) is 0. The molecule has 0 unspecified atom stereocenters. The minimum atomic E-state index is -0.335. The number of nitrogens with zero attached hydrogens (tertiary/aromatic N) is 2. The Labute approximate surface area is 174 Å². The molecule has 0 heterocycles. The Morgan fingerprint density at radius 1 is 0.966 bits per heavy atom. The molecular weight excluding hydrogens is 371 g/mol. The van der Waals surface area contributed by atoms with Crippen LogP contribution in [0.3, 0.4) is 0 Å². The minimum Gasteiger partial charge on any atom is -0.493 e. The summed E-state index contributed by atoms with van der Waals surface area (Å²) >= 11 is 0. The van der Waals surface area contributed by atoms with Gasteiger partial charge in [0.1, 0.15) is 6.61 Å². The van der Waals surface area contributed by atoms with E-state index in [-0.39, 0.29) is 5.82 Å². The molecule has 0 radical (unpaired) electrons. The fourth-order valence-corrected chi connectivity index (χ4v) is 2.95. The van der Waals surface area contributed by atoms with Crippen molar-refractivity contribution < 1.29 is 18.6 Å². The summed E-state index contributed by atoms with van der Waals surface area (Å²) in [6, 6.07) is 11.4. The number of ether oxygens (including phenoxy) is 3. The van der Waals surface area contributed by atoms with Crippen molar-refractivity contribution in [2.45, 2.75) is 33.4 Å². The van der Waals surface area contributed by atoms with Crippen LogP contribution in [0.4, 0.5) is 10.1 Å². The zero-order chi connectivity index (χ0) is 21.4. The predicted octanol–water partition coefficient (Wildman–Crippen LogP) is 4.59. The SMILES string of the molecule is CCN(Cc1ccc(OCCN(C)C(C)C)c(F)c1)c1ccc(OC)c(OC)c1. The van der Waals surface area contributed by atoms with E-state index >= 15 is 0 Å². The van der Waals surface area contributed by atoms with Gasteiger partial charge in [0, 0.05) is 37.4 Å². The van der Waals surface area contributed by atoms with Crippen molar-refractivity contribution in [3.8, 4) is 17.2 Å². The van der Waals surface area contributed by atoms with Gasteiger partial charge in [0.25, 0.3) is 0 Å². The lowest BCUT2D eigenvalue weighted by molar-refractivity contribution is 0.204. The second kappa shape index (κ2) is 10.9. The highest BCUT2D eigenvalue weighted by Gasteiger charge is 2.12. The Morgan fingerprint density at radius 2 is 1.66 bits per heavy atom. The topological polar surface area (TPSA) is 34.2 Å². The van der Waals surface area contributed by atoms with Crippen LogP contribution in [0, 0.1) is 5.82 Å². The molecule has 0 aliphatic rings. The Balaban J connectivity index is 2.05. The smallest absolute Gasteiger partial charge is 0.165 e. The predicted molar refractivity (Wildman–Crippen MR) is 116 cm³/mol. The molecule has 0 saturated carbocycles. The molecule has 0 bridgehead atoms. The van der Waals surface area contributed by atoms with Crippen molar-refractivity contribution >= 4 is 5.69 Å². The van der Waals surface area contributed by atoms with Crippen LogP contribution in [0.2, 0.25) is 0 Å². The van der Waals surface area contributed by atoms with Crippen LogP contribution >= 0.6 is 0 Å². The molecule has 0 aliphatic carbocycles. The van der Waals surface area contributed by atoms with Crippen molar-refractivity contribution in [1.29, 1.82) is 0 Å². The lowest BCUT2D eigenvalue weighted by atomic mass is 10.1. The van der Waals surface area contributed by atoms with Gasteiger partial charge in [-0.05, 0) is 57.6 Å². The minimum absolute atomic E-state index is 0.292. The van der Waals surface area contributed by atoms with Gasteiger partial charge < -0.3 is 24.0 Å². The molecule has 0 amide bonds. The molecule has 0 aliphatic heterocycles. The number of methoxy groups -OCH3 is 2. The van der Waals surface area contributed by atoms with Gasteiger partial charge in [-0.15, -0.1) is 0 Å². The third-order valence-corrected chi connectivity index (χ3v) is 5.07. The van der Waals surface area contributed by atoms with E-state index in [0.717, 1.165) is 24.3 Å². The second-order valence-electron chi connectivity index (χ2n) is 7.24. The molecule has 2 rings (SSSR count). The van der Waals surface area contributed by atoms with Crippen LogP contribution in [-0.4, -0.2) is 51.9 Å². The highest BCUT2D eigenvalue weighted by atomic mass is 19.1. The molecule has 0 N–H and O–H groups in total. The van der Waals surface area contributed by atoms with Crippen molar-refractivity contribution in [2.75, 3.05) is 45.9 Å². The van der Waals surface area contributed by atoms with Gasteiger partial charge in [0.15, 0.2) is 23.1 Å². The third kappa shape index (κ3) is 6.26. The first kappa shape index (κ1) is 22.8. The molecule has 0 saturated heterocycles. The molecule has 2 aromatic carbocycles. The van der Waals surface area contributed by atoms with Crippen molar-refractivity contribution in [3.63, 3.8) is 0 Å². The van der Waals surface area contributed by atoms with Gasteiger partial charge in [-0.25, -0.2) is 4.39 Å². The zero-order valence-corrected chi connectivity index (χ0v) is 18.4. The van der Waals surface area contributed by atoms with E-state index in [1.54, 1.807) is 26.4 Å². The molecule has 0 atom stereocenters. The molecule has 5 nitrogen and oxygen atoms in total. The highest BCUT2D eigenvalue weighted by Crippen LogP contribution is 2.32. The summed E-state index contributed by atoms with van der Waals surface area (Å²) in [6.07, 6.45) is 0. The molecule has 0 spiro atoms. The summed E-state index contributed by atoms with van der Waals surface area (Å²) in [6.45, 7) is 8.87. The lowest BCUT2D eigenvalue weighted by Gasteiger charge is -2.24. The highest BCUT2D eigenvalue weighted by molar-refractivity contribution is 5.56. The number of halogens is 1. The van der Waals surface area contributed by atoms with E-state index in [9.17, 15) is 4.39 Å². The summed E-state index contributed by atoms with van der Waals surface area (Å²) in [5.41, 5.74) is 1.87. The fraction of sp³-hybridized carbons (Fsp3) is 0.478. The first-order chi connectivity index (χ1) is 13.9. The number of rotatable bonds is 11. The Hall–Kier alpha value is -2.47. The second-order valence-corrected chi connectivity index (χ2v) is 7.24. The average Bonchev–Trinajstić information content (AvgIpc) is 2.72. The quantitative estimate of drug-likeness (QED) is 0.547. The van der Waals surface area contributed by atoms with Gasteiger partial charge in [0.2, 0.25) is 0 Å². The summed E-state index contributed by atoms with van der Waals surface area (Å²) < 4.78 is 30.8. The molecule has 2 aromatic rings. The summed E-state index contributed by atoms with van der Waals surface area (Å²) in [7, 11) is 5.26. The van der Waals surface area contributed by atoms with Crippen LogP contribution in [0.25, 0.3) is 0 Å². The first-order valence-electron chi connectivity index (χ1n) is 9.98. The number of likely N-dealkylation sites (N-methyl/N-ethyl adjacent to an activating group) is 1. The molecule has 160 valence electrons. The Morgan fingerprint density at radius 3 is 2.24 bits per heavy atom. The van der Waals surface area contributed by atoms with Crippen molar-refractivity contribution in [2.24, 2.45) is 0 Å². The van der Waals surface area contributed by atoms with Crippen LogP contribution in [0.5, 0.6) is 17.2 Å². The van der Waals surface area contributed by atoms with E-state index < -0.39 is 0 Å². The zero-order valence-electron chi connectivity index (χ0n) is 18.4. The third-order valence-electron chi connectivity index (χ3n) is 5.07. The first-order valence-corrected chi connectivity index (χ1v) is 9.98.